The maximum Gasteiger partial charge on any atom is 0.171 e. The third-order valence-corrected chi connectivity index (χ3v) is 3.76. The van der Waals surface area contributed by atoms with Gasteiger partial charge in [0.15, 0.2) is 5.78 Å². The summed E-state index contributed by atoms with van der Waals surface area (Å²) in [5.74, 6) is 0.675. The van der Waals surface area contributed by atoms with Crippen molar-refractivity contribution < 1.29 is 9.53 Å². The van der Waals surface area contributed by atoms with Gasteiger partial charge in [-0.3, -0.25) is 4.79 Å². The van der Waals surface area contributed by atoms with Crippen LogP contribution in [-0.4, -0.2) is 12.4 Å². The Morgan fingerprint density at radius 3 is 2.80 bits per heavy atom. The van der Waals surface area contributed by atoms with Crippen LogP contribution in [0.2, 0.25) is 10.0 Å². The lowest BCUT2D eigenvalue weighted by molar-refractivity contribution is 0.0990. The Morgan fingerprint density at radius 1 is 1.15 bits per heavy atom. The fraction of sp³-hybridized carbons (Fsp3) is 0.188. The summed E-state index contributed by atoms with van der Waals surface area (Å²) in [4.78, 5) is 12.5. The van der Waals surface area contributed by atoms with E-state index in [1.54, 1.807) is 18.2 Å². The lowest BCUT2D eigenvalue weighted by Crippen LogP contribution is -2.05. The molecule has 0 unspecified atom stereocenters. The molecule has 0 atom stereocenters. The number of hydrogen-bond acceptors (Lipinski definition) is 2. The third kappa shape index (κ3) is 2.67. The quantitative estimate of drug-likeness (QED) is 0.788. The summed E-state index contributed by atoms with van der Waals surface area (Å²) in [5, 5.41) is 1.20. The van der Waals surface area contributed by atoms with E-state index in [0.29, 0.717) is 28.0 Å². The van der Waals surface area contributed by atoms with Gasteiger partial charge in [-0.05, 0) is 35.4 Å². The van der Waals surface area contributed by atoms with E-state index in [1.807, 2.05) is 18.2 Å². The molecule has 1 aliphatic heterocycles. The van der Waals surface area contributed by atoms with Crippen LogP contribution in [0.25, 0.3) is 0 Å². The van der Waals surface area contributed by atoms with Crippen LogP contribution < -0.4 is 4.74 Å². The maximum absolute atomic E-state index is 12.5. The number of ketones is 1. The summed E-state index contributed by atoms with van der Waals surface area (Å²) in [6, 6.07) is 10.8. The number of ether oxygens (including phenoxy) is 1. The van der Waals surface area contributed by atoms with Crippen LogP contribution in [0.5, 0.6) is 5.75 Å². The Hall–Kier alpha value is -1.51. The number of rotatable bonds is 3. The average molecular weight is 307 g/mol. The SMILES string of the molecule is O=C(Cc1cccc(Cl)c1)c1cc(Cl)cc2c1OCC2. The number of Topliss-reactive ketones (excluding diaryl/α,β-unsaturated/α-hetero) is 1. The van der Waals surface area contributed by atoms with E-state index >= 15 is 0 Å². The van der Waals surface area contributed by atoms with Crippen LogP contribution in [0, 0.1) is 0 Å². The third-order valence-electron chi connectivity index (χ3n) is 3.30. The van der Waals surface area contributed by atoms with Crippen molar-refractivity contribution in [2.45, 2.75) is 12.8 Å². The standard InChI is InChI=1S/C16H12Cl2O2/c17-12-3-1-2-10(6-12)7-15(19)14-9-13(18)8-11-4-5-20-16(11)14/h1-3,6,8-9H,4-5,7H2. The van der Waals surface area contributed by atoms with Crippen LogP contribution in [0.3, 0.4) is 0 Å². The van der Waals surface area contributed by atoms with E-state index in [2.05, 4.69) is 0 Å². The fourth-order valence-electron chi connectivity index (χ4n) is 2.40. The molecule has 20 heavy (non-hydrogen) atoms. The summed E-state index contributed by atoms with van der Waals surface area (Å²) < 4.78 is 5.56. The van der Waals surface area contributed by atoms with Crippen molar-refractivity contribution in [2.24, 2.45) is 0 Å². The van der Waals surface area contributed by atoms with Crippen molar-refractivity contribution in [3.63, 3.8) is 0 Å². The van der Waals surface area contributed by atoms with Gasteiger partial charge >= 0.3 is 0 Å². The molecule has 0 bridgehead atoms. The summed E-state index contributed by atoms with van der Waals surface area (Å²) in [7, 11) is 0. The van der Waals surface area contributed by atoms with Gasteiger partial charge in [-0.15, -0.1) is 0 Å². The van der Waals surface area contributed by atoms with Crippen molar-refractivity contribution in [1.82, 2.24) is 0 Å². The predicted octanol–water partition coefficient (Wildman–Crippen LogP) is 4.35. The molecule has 0 saturated carbocycles. The fourth-order valence-corrected chi connectivity index (χ4v) is 2.86. The van der Waals surface area contributed by atoms with Crippen LogP contribution in [-0.2, 0) is 12.8 Å². The molecule has 0 saturated heterocycles. The van der Waals surface area contributed by atoms with E-state index in [9.17, 15) is 4.79 Å². The number of carbonyl (C=O) groups excluding carboxylic acids is 1. The minimum Gasteiger partial charge on any atom is -0.492 e. The summed E-state index contributed by atoms with van der Waals surface area (Å²) >= 11 is 12.0. The zero-order valence-corrected chi connectivity index (χ0v) is 12.2. The molecule has 0 radical (unpaired) electrons. The summed E-state index contributed by atoms with van der Waals surface area (Å²) in [6.07, 6.45) is 1.09. The second-order valence-corrected chi connectivity index (χ2v) is 5.64. The van der Waals surface area contributed by atoms with Gasteiger partial charge in [-0.2, -0.15) is 0 Å². The highest BCUT2D eigenvalue weighted by Gasteiger charge is 2.22. The Balaban J connectivity index is 1.92. The second-order valence-electron chi connectivity index (χ2n) is 4.77. The molecule has 0 amide bonds. The van der Waals surface area contributed by atoms with Crippen molar-refractivity contribution in [2.75, 3.05) is 6.61 Å². The van der Waals surface area contributed by atoms with Gasteiger partial charge in [0.05, 0.1) is 12.2 Å². The van der Waals surface area contributed by atoms with Crippen molar-refractivity contribution in [3.05, 3.63) is 63.1 Å². The number of hydrogen-bond donors (Lipinski definition) is 0. The van der Waals surface area contributed by atoms with Gasteiger partial charge in [0.1, 0.15) is 5.75 Å². The van der Waals surface area contributed by atoms with Gasteiger partial charge in [0.2, 0.25) is 0 Å². The molecule has 2 nitrogen and oxygen atoms in total. The van der Waals surface area contributed by atoms with E-state index in [0.717, 1.165) is 17.5 Å². The first-order chi connectivity index (χ1) is 9.63. The molecule has 3 rings (SSSR count). The molecule has 4 heteroatoms. The average Bonchev–Trinajstić information content (AvgIpc) is 2.85. The van der Waals surface area contributed by atoms with Crippen LogP contribution >= 0.6 is 23.2 Å². The second kappa shape index (κ2) is 5.47. The first-order valence-corrected chi connectivity index (χ1v) is 7.12. The molecule has 0 fully saturated rings. The zero-order valence-electron chi connectivity index (χ0n) is 10.7. The normalized spacial score (nSPS) is 12.9. The van der Waals surface area contributed by atoms with Gasteiger partial charge in [0, 0.05) is 22.9 Å². The molecular weight excluding hydrogens is 295 g/mol. The topological polar surface area (TPSA) is 26.3 Å². The molecule has 0 aliphatic carbocycles. The van der Waals surface area contributed by atoms with Crippen LogP contribution in [0.4, 0.5) is 0 Å². The molecule has 2 aromatic carbocycles. The Labute approximate surface area is 127 Å². The monoisotopic (exact) mass is 306 g/mol. The number of halogens is 2. The zero-order chi connectivity index (χ0) is 14.1. The molecule has 0 N–H and O–H groups in total. The Morgan fingerprint density at radius 2 is 2.00 bits per heavy atom. The van der Waals surface area contributed by atoms with E-state index < -0.39 is 0 Å². The molecule has 2 aromatic rings. The van der Waals surface area contributed by atoms with E-state index in [4.69, 9.17) is 27.9 Å². The van der Waals surface area contributed by atoms with E-state index in [-0.39, 0.29) is 12.2 Å². The molecule has 1 heterocycles. The van der Waals surface area contributed by atoms with Crippen molar-refractivity contribution in [1.29, 1.82) is 0 Å². The first kappa shape index (κ1) is 13.5. The van der Waals surface area contributed by atoms with Gasteiger partial charge < -0.3 is 4.74 Å². The highest BCUT2D eigenvalue weighted by Crippen LogP contribution is 2.33. The molecular formula is C16H12Cl2O2. The molecule has 1 aliphatic rings. The van der Waals surface area contributed by atoms with E-state index in [1.165, 1.54) is 0 Å². The van der Waals surface area contributed by atoms with Crippen LogP contribution in [0.15, 0.2) is 36.4 Å². The predicted molar refractivity (Wildman–Crippen MR) is 80.1 cm³/mol. The van der Waals surface area contributed by atoms with Crippen molar-refractivity contribution in [3.8, 4) is 5.75 Å². The summed E-state index contributed by atoms with van der Waals surface area (Å²) in [5.41, 5.74) is 2.45. The minimum atomic E-state index is -0.00656. The first-order valence-electron chi connectivity index (χ1n) is 6.36. The largest absolute Gasteiger partial charge is 0.492 e. The minimum absolute atomic E-state index is 0.00656. The molecule has 0 aromatic heterocycles. The van der Waals surface area contributed by atoms with Gasteiger partial charge in [-0.25, -0.2) is 0 Å². The summed E-state index contributed by atoms with van der Waals surface area (Å²) in [6.45, 7) is 0.604. The molecule has 0 spiro atoms. The highest BCUT2D eigenvalue weighted by molar-refractivity contribution is 6.31. The number of fused-ring (bicyclic) bond motifs is 1. The Kier molecular flexibility index (Phi) is 3.68. The van der Waals surface area contributed by atoms with Crippen LogP contribution in [0.1, 0.15) is 21.5 Å². The lowest BCUT2D eigenvalue weighted by Gasteiger charge is -2.08. The lowest BCUT2D eigenvalue weighted by atomic mass is 10.00. The van der Waals surface area contributed by atoms with Crippen molar-refractivity contribution >= 4 is 29.0 Å². The van der Waals surface area contributed by atoms with Gasteiger partial charge in [-0.1, -0.05) is 35.3 Å². The highest BCUT2D eigenvalue weighted by atomic mass is 35.5. The van der Waals surface area contributed by atoms with Gasteiger partial charge in [0.25, 0.3) is 0 Å². The molecule has 102 valence electrons. The Bertz CT molecular complexity index is 680. The number of benzene rings is 2. The number of carbonyl (C=O) groups is 1. The maximum atomic E-state index is 12.5. The smallest absolute Gasteiger partial charge is 0.171 e.